The summed E-state index contributed by atoms with van der Waals surface area (Å²) >= 11 is 1.80. The number of hydrogen-bond acceptors (Lipinski definition) is 2. The minimum absolute atomic E-state index is 0.376. The van der Waals surface area contributed by atoms with E-state index in [1.807, 2.05) is 6.08 Å². The Labute approximate surface area is 112 Å². The molecule has 3 heteroatoms. The minimum atomic E-state index is -0.376. The largest absolute Gasteiger partial charge is 0.399 e. The number of nitrogens with two attached hydrogens (primary N) is 1. The number of benzene rings is 1. The lowest BCUT2D eigenvalue weighted by atomic mass is 10.2. The molecule has 1 aromatic heterocycles. The molecular weight excluding hydrogens is 257 g/mol. The predicted octanol–water partition coefficient (Wildman–Crippen LogP) is 2.12. The molecule has 18 heavy (non-hydrogen) atoms. The van der Waals surface area contributed by atoms with Crippen LogP contribution in [0.15, 0.2) is 30.5 Å². The van der Waals surface area contributed by atoms with E-state index >= 15 is 0 Å². The average Bonchev–Trinajstić information content (AvgIpc) is 2.66. The van der Waals surface area contributed by atoms with Crippen LogP contribution in [0.3, 0.4) is 0 Å². The average molecular weight is 274 g/mol. The fraction of sp³-hybridized carbons (Fsp3) is 0.133. The van der Waals surface area contributed by atoms with Crippen LogP contribution in [0, 0.1) is 0 Å². The van der Waals surface area contributed by atoms with Crippen molar-refractivity contribution in [3.8, 4) is 0 Å². The summed E-state index contributed by atoms with van der Waals surface area (Å²) < 4.78 is 2.55. The van der Waals surface area contributed by atoms with Crippen molar-refractivity contribution in [1.29, 1.82) is 0 Å². The maximum atomic E-state index is 5.75. The third kappa shape index (κ3) is 2.27. The second kappa shape index (κ2) is 5.09. The van der Waals surface area contributed by atoms with Crippen molar-refractivity contribution >= 4 is 52.7 Å². The third-order valence-electron chi connectivity index (χ3n) is 2.76. The molecule has 92 valence electrons. The first kappa shape index (κ1) is 13.1. The van der Waals surface area contributed by atoms with Gasteiger partial charge in [-0.1, -0.05) is 18.7 Å². The van der Waals surface area contributed by atoms with Crippen LogP contribution in [-0.2, 0) is 0 Å². The number of thiophene rings is 1. The van der Waals surface area contributed by atoms with E-state index in [9.17, 15) is 0 Å². The second-order valence-corrected chi connectivity index (χ2v) is 7.20. The van der Waals surface area contributed by atoms with Crippen molar-refractivity contribution in [2.45, 2.75) is 6.92 Å². The monoisotopic (exact) mass is 274 g/mol. The summed E-state index contributed by atoms with van der Waals surface area (Å²) in [6.07, 6.45) is 8.30. The van der Waals surface area contributed by atoms with Crippen LogP contribution >= 0.6 is 18.9 Å². The fourth-order valence-corrected chi connectivity index (χ4v) is 4.17. The van der Waals surface area contributed by atoms with Gasteiger partial charge >= 0.3 is 0 Å². The second-order valence-electron chi connectivity index (χ2n) is 4.24. The van der Waals surface area contributed by atoms with Crippen molar-refractivity contribution in [3.63, 3.8) is 0 Å². The zero-order chi connectivity index (χ0) is 13.3. The number of allylic oxidation sites excluding steroid dienone is 1. The van der Waals surface area contributed by atoms with Gasteiger partial charge in [0.25, 0.3) is 0 Å². The van der Waals surface area contributed by atoms with Gasteiger partial charge in [-0.25, -0.2) is 0 Å². The van der Waals surface area contributed by atoms with Gasteiger partial charge in [0, 0.05) is 20.1 Å². The van der Waals surface area contributed by atoms with E-state index in [1.165, 1.54) is 25.1 Å². The van der Waals surface area contributed by atoms with Crippen molar-refractivity contribution in [3.05, 3.63) is 40.2 Å². The van der Waals surface area contributed by atoms with Gasteiger partial charge < -0.3 is 5.73 Å². The predicted molar refractivity (Wildman–Crippen MR) is 88.6 cm³/mol. The molecule has 0 aliphatic heterocycles. The van der Waals surface area contributed by atoms with Gasteiger partial charge in [-0.2, -0.15) is 0 Å². The molecule has 0 spiro atoms. The summed E-state index contributed by atoms with van der Waals surface area (Å²) in [7, 11) is -0.376. The van der Waals surface area contributed by atoms with Crippen molar-refractivity contribution < 1.29 is 0 Å². The highest BCUT2D eigenvalue weighted by Gasteiger charge is 2.13. The van der Waals surface area contributed by atoms with Crippen LogP contribution < -0.4 is 20.8 Å². The zero-order valence-corrected chi connectivity index (χ0v) is 12.4. The Morgan fingerprint density at radius 1 is 1.44 bits per heavy atom. The molecule has 1 atom stereocenters. The molecule has 0 aliphatic rings. The molecule has 1 nitrogen and oxygen atoms in total. The van der Waals surface area contributed by atoms with Gasteiger partial charge in [0.1, 0.15) is 14.2 Å². The molecule has 0 radical (unpaired) electrons. The standard InChI is InChI=1S/C15H17NPS/c1-5-13-11(9-10(2)16)15-12(17(3)4)7-6-8-14(15)18-13/h5-9H,2-3,16H2,1,4H3/q+1/b11-9+,13-5+. The first-order valence-electron chi connectivity index (χ1n) is 5.72. The Morgan fingerprint density at radius 2 is 2.17 bits per heavy atom. The molecule has 2 rings (SSSR count). The summed E-state index contributed by atoms with van der Waals surface area (Å²) in [5.41, 5.74) is 6.35. The van der Waals surface area contributed by atoms with Crippen LogP contribution in [0.4, 0.5) is 0 Å². The van der Waals surface area contributed by atoms with Crippen LogP contribution in [0.5, 0.6) is 0 Å². The Balaban J connectivity index is 3.07. The quantitative estimate of drug-likeness (QED) is 0.834. The SMILES string of the molecule is C=C(N)/C=c1\c(=C/C)sc2cccc([P+](=C)C)c12. The molecule has 0 fully saturated rings. The summed E-state index contributed by atoms with van der Waals surface area (Å²) in [5.74, 6) is 0. The van der Waals surface area contributed by atoms with E-state index in [1.54, 1.807) is 11.3 Å². The Kier molecular flexibility index (Phi) is 3.70. The van der Waals surface area contributed by atoms with Crippen LogP contribution in [0.25, 0.3) is 22.2 Å². The minimum Gasteiger partial charge on any atom is -0.399 e. The molecule has 0 amide bonds. The van der Waals surface area contributed by atoms with Gasteiger partial charge in [-0.05, 0) is 25.1 Å². The molecule has 1 unspecified atom stereocenters. The van der Waals surface area contributed by atoms with Gasteiger partial charge in [0.05, 0.1) is 11.7 Å². The van der Waals surface area contributed by atoms with Gasteiger partial charge in [0.15, 0.2) is 5.30 Å². The first-order valence-corrected chi connectivity index (χ1v) is 8.52. The van der Waals surface area contributed by atoms with Crippen LogP contribution in [-0.4, -0.2) is 13.0 Å². The smallest absolute Gasteiger partial charge is 0.156 e. The molecule has 2 aromatic rings. The molecule has 0 aliphatic carbocycles. The van der Waals surface area contributed by atoms with E-state index in [-0.39, 0.29) is 7.55 Å². The molecule has 0 saturated heterocycles. The maximum Gasteiger partial charge on any atom is 0.156 e. The molecule has 1 heterocycles. The van der Waals surface area contributed by atoms with Crippen LogP contribution in [0.2, 0.25) is 0 Å². The third-order valence-corrected chi connectivity index (χ3v) is 5.19. The van der Waals surface area contributed by atoms with E-state index in [0.29, 0.717) is 5.70 Å². The molecular formula is C15H17NPS+. The van der Waals surface area contributed by atoms with Gasteiger partial charge in [-0.3, -0.25) is 0 Å². The van der Waals surface area contributed by atoms with Crippen molar-refractivity contribution in [2.24, 2.45) is 5.73 Å². The van der Waals surface area contributed by atoms with E-state index < -0.39 is 0 Å². The zero-order valence-electron chi connectivity index (χ0n) is 10.7. The normalized spacial score (nSPS) is 14.2. The van der Waals surface area contributed by atoms with Crippen molar-refractivity contribution in [1.82, 2.24) is 0 Å². The fourth-order valence-electron chi connectivity index (χ4n) is 2.03. The maximum absolute atomic E-state index is 5.75. The highest BCUT2D eigenvalue weighted by molar-refractivity contribution is 7.63. The van der Waals surface area contributed by atoms with Crippen molar-refractivity contribution in [2.75, 3.05) is 6.66 Å². The van der Waals surface area contributed by atoms with Gasteiger partial charge in [-0.15, -0.1) is 11.3 Å². The van der Waals surface area contributed by atoms with Crippen LogP contribution in [0.1, 0.15) is 6.92 Å². The summed E-state index contributed by atoms with van der Waals surface area (Å²) in [6.45, 7) is 8.02. The Morgan fingerprint density at radius 3 is 2.72 bits per heavy atom. The number of hydrogen-bond donors (Lipinski definition) is 1. The topological polar surface area (TPSA) is 26.0 Å². The Bertz CT molecular complexity index is 753. The summed E-state index contributed by atoms with van der Waals surface area (Å²) in [4.78, 5) is 0. The lowest BCUT2D eigenvalue weighted by molar-refractivity contribution is 1.50. The van der Waals surface area contributed by atoms with E-state index in [0.717, 1.165) is 0 Å². The number of rotatable bonds is 2. The van der Waals surface area contributed by atoms with E-state index in [4.69, 9.17) is 5.73 Å². The lowest BCUT2D eigenvalue weighted by Gasteiger charge is -1.94. The highest BCUT2D eigenvalue weighted by Crippen LogP contribution is 2.20. The highest BCUT2D eigenvalue weighted by atomic mass is 32.1. The summed E-state index contributed by atoms with van der Waals surface area (Å²) in [5, 5.41) is 3.82. The van der Waals surface area contributed by atoms with Gasteiger partial charge in [0.2, 0.25) is 0 Å². The molecule has 0 bridgehead atoms. The number of fused-ring (bicyclic) bond motifs is 1. The first-order chi connectivity index (χ1) is 8.54. The molecule has 1 aromatic carbocycles. The summed E-state index contributed by atoms with van der Waals surface area (Å²) in [6, 6.07) is 6.44. The van der Waals surface area contributed by atoms with E-state index in [2.05, 4.69) is 50.7 Å². The molecule has 2 N–H and O–H groups in total. The molecule has 0 saturated carbocycles. The Hall–Kier alpha value is -1.37. The lowest BCUT2D eigenvalue weighted by Crippen LogP contribution is -2.22.